The second kappa shape index (κ2) is 6.36. The van der Waals surface area contributed by atoms with Gasteiger partial charge >= 0.3 is 0 Å². The molecular formula is C13H25N3O. The van der Waals surface area contributed by atoms with Gasteiger partial charge in [-0.25, -0.2) is 0 Å². The summed E-state index contributed by atoms with van der Waals surface area (Å²) >= 11 is 0. The average molecular weight is 239 g/mol. The Kier molecular flexibility index (Phi) is 4.80. The summed E-state index contributed by atoms with van der Waals surface area (Å²) < 4.78 is 0. The molecule has 2 atom stereocenters. The van der Waals surface area contributed by atoms with Crippen LogP contribution in [0, 0.1) is 5.92 Å². The second-order valence-electron chi connectivity index (χ2n) is 5.46. The van der Waals surface area contributed by atoms with Crippen molar-refractivity contribution in [3.05, 3.63) is 0 Å². The van der Waals surface area contributed by atoms with Crippen LogP contribution < -0.4 is 10.6 Å². The molecule has 2 N–H and O–H groups in total. The molecule has 0 aliphatic carbocycles. The zero-order chi connectivity index (χ0) is 12.1. The standard InChI is InChI=1S/C13H25N3O/c1-11(16-6-2-3-7-16)9-15-13(17)8-12-4-5-14-10-12/h11-12,14H,2-10H2,1H3,(H,15,17). The van der Waals surface area contributed by atoms with E-state index in [2.05, 4.69) is 22.5 Å². The molecule has 0 aromatic carbocycles. The largest absolute Gasteiger partial charge is 0.355 e. The van der Waals surface area contributed by atoms with E-state index in [9.17, 15) is 4.79 Å². The fourth-order valence-corrected chi connectivity index (χ4v) is 2.80. The van der Waals surface area contributed by atoms with Crippen molar-refractivity contribution in [2.45, 2.75) is 38.6 Å². The van der Waals surface area contributed by atoms with Crippen molar-refractivity contribution in [1.29, 1.82) is 0 Å². The minimum Gasteiger partial charge on any atom is -0.355 e. The van der Waals surface area contributed by atoms with Crippen LogP contribution in [0.5, 0.6) is 0 Å². The number of likely N-dealkylation sites (tertiary alicyclic amines) is 1. The SMILES string of the molecule is CC(CNC(=O)CC1CCNC1)N1CCCC1. The molecule has 4 nitrogen and oxygen atoms in total. The molecule has 0 spiro atoms. The highest BCUT2D eigenvalue weighted by Gasteiger charge is 2.20. The number of nitrogens with zero attached hydrogens (tertiary/aromatic N) is 1. The van der Waals surface area contributed by atoms with Crippen molar-refractivity contribution in [2.75, 3.05) is 32.7 Å². The number of nitrogens with one attached hydrogen (secondary N) is 2. The Labute approximate surface area is 104 Å². The van der Waals surface area contributed by atoms with E-state index in [1.165, 1.54) is 25.9 Å². The van der Waals surface area contributed by atoms with E-state index in [-0.39, 0.29) is 5.91 Å². The first kappa shape index (κ1) is 12.8. The minimum atomic E-state index is 0.227. The molecule has 4 heteroatoms. The Morgan fingerprint density at radius 1 is 1.47 bits per heavy atom. The van der Waals surface area contributed by atoms with Gasteiger partial charge in [0.15, 0.2) is 0 Å². The maximum atomic E-state index is 11.8. The van der Waals surface area contributed by atoms with Gasteiger partial charge in [0.25, 0.3) is 0 Å². The topological polar surface area (TPSA) is 44.4 Å². The van der Waals surface area contributed by atoms with Crippen LogP contribution in [0.4, 0.5) is 0 Å². The van der Waals surface area contributed by atoms with E-state index in [0.717, 1.165) is 26.1 Å². The van der Waals surface area contributed by atoms with E-state index in [0.29, 0.717) is 18.4 Å². The maximum Gasteiger partial charge on any atom is 0.220 e. The lowest BCUT2D eigenvalue weighted by Gasteiger charge is -2.24. The Morgan fingerprint density at radius 3 is 2.88 bits per heavy atom. The molecule has 2 aliphatic heterocycles. The molecule has 2 heterocycles. The molecule has 1 amide bonds. The molecule has 0 aromatic rings. The van der Waals surface area contributed by atoms with E-state index < -0.39 is 0 Å². The van der Waals surface area contributed by atoms with Gasteiger partial charge in [-0.2, -0.15) is 0 Å². The summed E-state index contributed by atoms with van der Waals surface area (Å²) in [5.41, 5.74) is 0. The quantitative estimate of drug-likeness (QED) is 0.738. The monoisotopic (exact) mass is 239 g/mol. The van der Waals surface area contributed by atoms with Gasteiger partial charge in [-0.15, -0.1) is 0 Å². The minimum absolute atomic E-state index is 0.227. The highest BCUT2D eigenvalue weighted by atomic mass is 16.1. The summed E-state index contributed by atoms with van der Waals surface area (Å²) in [5, 5.41) is 6.38. The highest BCUT2D eigenvalue weighted by Crippen LogP contribution is 2.13. The summed E-state index contributed by atoms with van der Waals surface area (Å²) in [6.07, 6.45) is 4.47. The summed E-state index contributed by atoms with van der Waals surface area (Å²) in [7, 11) is 0. The Bertz CT molecular complexity index is 245. The molecule has 2 unspecified atom stereocenters. The Hall–Kier alpha value is -0.610. The first-order chi connectivity index (χ1) is 8.25. The predicted molar refractivity (Wildman–Crippen MR) is 68.9 cm³/mol. The Balaban J connectivity index is 1.61. The zero-order valence-corrected chi connectivity index (χ0v) is 10.9. The van der Waals surface area contributed by atoms with Crippen LogP contribution >= 0.6 is 0 Å². The van der Waals surface area contributed by atoms with Gasteiger partial charge in [-0.1, -0.05) is 0 Å². The van der Waals surface area contributed by atoms with Gasteiger partial charge in [0.1, 0.15) is 0 Å². The predicted octanol–water partition coefficient (Wildman–Crippen LogP) is 0.587. The molecule has 0 aromatic heterocycles. The summed E-state index contributed by atoms with van der Waals surface area (Å²) in [6.45, 7) is 7.49. The van der Waals surface area contributed by atoms with Crippen molar-refractivity contribution < 1.29 is 4.79 Å². The number of carbonyl (C=O) groups excluding carboxylic acids is 1. The van der Waals surface area contributed by atoms with Crippen molar-refractivity contribution in [3.63, 3.8) is 0 Å². The Morgan fingerprint density at radius 2 is 2.24 bits per heavy atom. The maximum absolute atomic E-state index is 11.8. The fraction of sp³-hybridized carbons (Fsp3) is 0.923. The molecule has 0 radical (unpaired) electrons. The van der Waals surface area contributed by atoms with E-state index in [1.54, 1.807) is 0 Å². The molecule has 17 heavy (non-hydrogen) atoms. The molecule has 0 bridgehead atoms. The molecule has 2 rings (SSSR count). The number of hydrogen-bond donors (Lipinski definition) is 2. The van der Waals surface area contributed by atoms with Gasteiger partial charge in [0, 0.05) is 19.0 Å². The van der Waals surface area contributed by atoms with Crippen LogP contribution in [0.3, 0.4) is 0 Å². The van der Waals surface area contributed by atoms with Crippen molar-refractivity contribution >= 4 is 5.91 Å². The third kappa shape index (κ3) is 3.96. The zero-order valence-electron chi connectivity index (χ0n) is 10.9. The lowest BCUT2D eigenvalue weighted by Crippen LogP contribution is -2.41. The van der Waals surface area contributed by atoms with Gasteiger partial charge in [0.05, 0.1) is 0 Å². The van der Waals surface area contributed by atoms with Crippen LogP contribution in [0.1, 0.15) is 32.6 Å². The number of amides is 1. The third-order valence-electron chi connectivity index (χ3n) is 4.00. The average Bonchev–Trinajstić information content (AvgIpc) is 2.97. The highest BCUT2D eigenvalue weighted by molar-refractivity contribution is 5.76. The van der Waals surface area contributed by atoms with Crippen LogP contribution in [-0.2, 0) is 4.79 Å². The normalized spacial score (nSPS) is 27.2. The van der Waals surface area contributed by atoms with E-state index >= 15 is 0 Å². The number of carbonyl (C=O) groups is 1. The summed E-state index contributed by atoms with van der Waals surface area (Å²) in [6, 6.07) is 0.489. The van der Waals surface area contributed by atoms with Crippen molar-refractivity contribution in [3.8, 4) is 0 Å². The van der Waals surface area contributed by atoms with Gasteiger partial charge in [0.2, 0.25) is 5.91 Å². The summed E-state index contributed by atoms with van der Waals surface area (Å²) in [5.74, 6) is 0.779. The smallest absolute Gasteiger partial charge is 0.220 e. The van der Waals surface area contributed by atoms with E-state index in [4.69, 9.17) is 0 Å². The fourth-order valence-electron chi connectivity index (χ4n) is 2.80. The van der Waals surface area contributed by atoms with Gasteiger partial charge < -0.3 is 10.6 Å². The first-order valence-corrected chi connectivity index (χ1v) is 6.97. The van der Waals surface area contributed by atoms with Gasteiger partial charge in [-0.05, 0) is 58.3 Å². The lowest BCUT2D eigenvalue weighted by atomic mass is 10.0. The van der Waals surface area contributed by atoms with Crippen LogP contribution in [0.15, 0.2) is 0 Å². The number of hydrogen-bond acceptors (Lipinski definition) is 3. The van der Waals surface area contributed by atoms with Crippen molar-refractivity contribution in [1.82, 2.24) is 15.5 Å². The van der Waals surface area contributed by atoms with Crippen LogP contribution in [0.2, 0.25) is 0 Å². The molecule has 2 aliphatic rings. The first-order valence-electron chi connectivity index (χ1n) is 6.97. The van der Waals surface area contributed by atoms with E-state index in [1.807, 2.05) is 0 Å². The van der Waals surface area contributed by atoms with Crippen LogP contribution in [-0.4, -0.2) is 49.6 Å². The molecule has 2 fully saturated rings. The van der Waals surface area contributed by atoms with Gasteiger partial charge in [-0.3, -0.25) is 9.69 Å². The molecular weight excluding hydrogens is 214 g/mol. The number of rotatable bonds is 5. The van der Waals surface area contributed by atoms with Crippen molar-refractivity contribution in [2.24, 2.45) is 5.92 Å². The summed E-state index contributed by atoms with van der Waals surface area (Å²) in [4.78, 5) is 14.2. The lowest BCUT2D eigenvalue weighted by molar-refractivity contribution is -0.122. The second-order valence-corrected chi connectivity index (χ2v) is 5.46. The molecule has 2 saturated heterocycles. The molecule has 98 valence electrons. The van der Waals surface area contributed by atoms with Crippen LogP contribution in [0.25, 0.3) is 0 Å². The third-order valence-corrected chi connectivity index (χ3v) is 4.00. The molecule has 0 saturated carbocycles.